The SMILES string of the molecule is COCC(CCCN)N(CC(C)C)C1CC1. The predicted octanol–water partition coefficient (Wildman–Crippen LogP) is 1.86. The zero-order valence-electron chi connectivity index (χ0n) is 11.1. The molecule has 0 amide bonds. The summed E-state index contributed by atoms with van der Waals surface area (Å²) in [6.07, 6.45) is 5.02. The van der Waals surface area contributed by atoms with E-state index in [9.17, 15) is 0 Å². The molecule has 96 valence electrons. The van der Waals surface area contributed by atoms with Crippen molar-refractivity contribution >= 4 is 0 Å². The minimum absolute atomic E-state index is 0.573. The van der Waals surface area contributed by atoms with Gasteiger partial charge in [-0.1, -0.05) is 13.8 Å². The minimum atomic E-state index is 0.573. The Labute approximate surface area is 100 Å². The van der Waals surface area contributed by atoms with Crippen LogP contribution in [0.15, 0.2) is 0 Å². The highest BCUT2D eigenvalue weighted by molar-refractivity contribution is 4.89. The van der Waals surface area contributed by atoms with Gasteiger partial charge in [0, 0.05) is 25.7 Å². The van der Waals surface area contributed by atoms with Crippen LogP contribution >= 0.6 is 0 Å². The Morgan fingerprint density at radius 1 is 1.38 bits per heavy atom. The molecule has 1 aliphatic carbocycles. The van der Waals surface area contributed by atoms with Gasteiger partial charge in [0.1, 0.15) is 0 Å². The molecule has 1 aliphatic rings. The van der Waals surface area contributed by atoms with Gasteiger partial charge >= 0.3 is 0 Å². The number of nitrogens with two attached hydrogens (primary N) is 1. The fraction of sp³-hybridized carbons (Fsp3) is 1.00. The molecule has 0 aromatic carbocycles. The molecule has 0 aromatic rings. The van der Waals surface area contributed by atoms with Gasteiger partial charge in [-0.15, -0.1) is 0 Å². The number of nitrogens with zero attached hydrogens (tertiary/aromatic N) is 1. The van der Waals surface area contributed by atoms with Crippen LogP contribution in [0.4, 0.5) is 0 Å². The van der Waals surface area contributed by atoms with Gasteiger partial charge in [0.15, 0.2) is 0 Å². The summed E-state index contributed by atoms with van der Waals surface area (Å²) < 4.78 is 5.36. The summed E-state index contributed by atoms with van der Waals surface area (Å²) in [5.74, 6) is 0.734. The summed E-state index contributed by atoms with van der Waals surface area (Å²) in [6, 6.07) is 1.39. The Hall–Kier alpha value is -0.120. The number of hydrogen-bond donors (Lipinski definition) is 1. The quantitative estimate of drug-likeness (QED) is 0.654. The highest BCUT2D eigenvalue weighted by atomic mass is 16.5. The summed E-state index contributed by atoms with van der Waals surface area (Å²) in [6.45, 7) is 7.43. The van der Waals surface area contributed by atoms with Crippen LogP contribution in [0, 0.1) is 5.92 Å². The maximum atomic E-state index is 5.61. The molecule has 0 bridgehead atoms. The minimum Gasteiger partial charge on any atom is -0.383 e. The van der Waals surface area contributed by atoms with Crippen LogP contribution in [0.25, 0.3) is 0 Å². The van der Waals surface area contributed by atoms with E-state index in [2.05, 4.69) is 18.7 Å². The van der Waals surface area contributed by atoms with E-state index in [1.54, 1.807) is 7.11 Å². The zero-order chi connectivity index (χ0) is 12.0. The summed E-state index contributed by atoms with van der Waals surface area (Å²) >= 11 is 0. The Bertz CT molecular complexity index is 181. The number of ether oxygens (including phenoxy) is 1. The van der Waals surface area contributed by atoms with Crippen molar-refractivity contribution in [3.8, 4) is 0 Å². The molecule has 1 rings (SSSR count). The smallest absolute Gasteiger partial charge is 0.0618 e. The standard InChI is InChI=1S/C13H28N2O/c1-11(2)9-15(12-6-7-12)13(10-16-3)5-4-8-14/h11-13H,4-10,14H2,1-3H3. The molecule has 2 N–H and O–H groups in total. The highest BCUT2D eigenvalue weighted by Gasteiger charge is 2.33. The first-order valence-corrected chi connectivity index (χ1v) is 6.63. The van der Waals surface area contributed by atoms with E-state index in [4.69, 9.17) is 10.5 Å². The van der Waals surface area contributed by atoms with Crippen LogP contribution in [0.5, 0.6) is 0 Å². The molecule has 1 fully saturated rings. The molecular weight excluding hydrogens is 200 g/mol. The van der Waals surface area contributed by atoms with Gasteiger partial charge in [-0.25, -0.2) is 0 Å². The topological polar surface area (TPSA) is 38.5 Å². The Morgan fingerprint density at radius 3 is 2.50 bits per heavy atom. The molecule has 0 radical (unpaired) electrons. The van der Waals surface area contributed by atoms with Crippen LogP contribution in [-0.2, 0) is 4.74 Å². The molecule has 1 unspecified atom stereocenters. The third-order valence-corrected chi connectivity index (χ3v) is 3.16. The van der Waals surface area contributed by atoms with Crippen LogP contribution in [0.3, 0.4) is 0 Å². The largest absolute Gasteiger partial charge is 0.383 e. The lowest BCUT2D eigenvalue weighted by Crippen LogP contribution is -2.42. The summed E-state index contributed by atoms with van der Waals surface area (Å²) in [5.41, 5.74) is 5.61. The average Bonchev–Trinajstić information content (AvgIpc) is 3.04. The fourth-order valence-corrected chi connectivity index (χ4v) is 2.31. The lowest BCUT2D eigenvalue weighted by molar-refractivity contribution is 0.0708. The lowest BCUT2D eigenvalue weighted by Gasteiger charge is -2.32. The van der Waals surface area contributed by atoms with Crippen molar-refractivity contribution in [1.82, 2.24) is 4.90 Å². The predicted molar refractivity (Wildman–Crippen MR) is 68.5 cm³/mol. The van der Waals surface area contributed by atoms with E-state index in [0.29, 0.717) is 6.04 Å². The van der Waals surface area contributed by atoms with Crippen molar-refractivity contribution in [2.24, 2.45) is 11.7 Å². The monoisotopic (exact) mass is 228 g/mol. The third kappa shape index (κ3) is 4.81. The Morgan fingerprint density at radius 2 is 2.06 bits per heavy atom. The van der Waals surface area contributed by atoms with Gasteiger partial charge in [-0.05, 0) is 38.1 Å². The van der Waals surface area contributed by atoms with Crippen molar-refractivity contribution < 1.29 is 4.74 Å². The van der Waals surface area contributed by atoms with Crippen molar-refractivity contribution in [1.29, 1.82) is 0 Å². The maximum Gasteiger partial charge on any atom is 0.0618 e. The first-order valence-electron chi connectivity index (χ1n) is 6.63. The van der Waals surface area contributed by atoms with E-state index in [1.807, 2.05) is 0 Å². The molecule has 0 aromatic heterocycles. The van der Waals surface area contributed by atoms with Gasteiger partial charge < -0.3 is 10.5 Å². The van der Waals surface area contributed by atoms with E-state index in [-0.39, 0.29) is 0 Å². The van der Waals surface area contributed by atoms with E-state index < -0.39 is 0 Å². The zero-order valence-corrected chi connectivity index (χ0v) is 11.1. The van der Waals surface area contributed by atoms with Gasteiger partial charge in [0.05, 0.1) is 6.61 Å². The molecule has 3 heteroatoms. The summed E-state index contributed by atoms with van der Waals surface area (Å²) in [4.78, 5) is 2.66. The van der Waals surface area contributed by atoms with Crippen LogP contribution < -0.4 is 5.73 Å². The van der Waals surface area contributed by atoms with E-state index in [0.717, 1.165) is 31.5 Å². The Balaban J connectivity index is 2.47. The molecule has 1 saturated carbocycles. The molecule has 0 saturated heterocycles. The first kappa shape index (κ1) is 13.9. The molecule has 0 heterocycles. The molecule has 3 nitrogen and oxygen atoms in total. The van der Waals surface area contributed by atoms with Gasteiger partial charge in [-0.2, -0.15) is 0 Å². The molecule has 0 spiro atoms. The van der Waals surface area contributed by atoms with E-state index >= 15 is 0 Å². The lowest BCUT2D eigenvalue weighted by atomic mass is 10.1. The molecule has 16 heavy (non-hydrogen) atoms. The van der Waals surface area contributed by atoms with Gasteiger partial charge in [0.25, 0.3) is 0 Å². The second-order valence-corrected chi connectivity index (χ2v) is 5.36. The Kier molecular flexibility index (Phi) is 6.32. The average molecular weight is 228 g/mol. The third-order valence-electron chi connectivity index (χ3n) is 3.16. The van der Waals surface area contributed by atoms with Crippen molar-refractivity contribution in [3.05, 3.63) is 0 Å². The van der Waals surface area contributed by atoms with E-state index in [1.165, 1.54) is 25.8 Å². The van der Waals surface area contributed by atoms with Crippen LogP contribution in [0.2, 0.25) is 0 Å². The van der Waals surface area contributed by atoms with Crippen molar-refractivity contribution in [2.45, 2.75) is 51.6 Å². The number of hydrogen-bond acceptors (Lipinski definition) is 3. The summed E-state index contributed by atoms with van der Waals surface area (Å²) in [5, 5.41) is 0. The number of methoxy groups -OCH3 is 1. The molecule has 0 aliphatic heterocycles. The van der Waals surface area contributed by atoms with Crippen LogP contribution in [0.1, 0.15) is 39.5 Å². The second-order valence-electron chi connectivity index (χ2n) is 5.36. The molecule has 1 atom stereocenters. The van der Waals surface area contributed by atoms with Gasteiger partial charge in [0.2, 0.25) is 0 Å². The second kappa shape index (κ2) is 7.25. The summed E-state index contributed by atoms with van der Waals surface area (Å²) in [7, 11) is 1.80. The molecular formula is C13H28N2O. The number of rotatable bonds is 9. The maximum absolute atomic E-state index is 5.61. The fourth-order valence-electron chi connectivity index (χ4n) is 2.31. The highest BCUT2D eigenvalue weighted by Crippen LogP contribution is 2.30. The van der Waals surface area contributed by atoms with Crippen LogP contribution in [-0.4, -0.2) is 43.8 Å². The van der Waals surface area contributed by atoms with Crippen molar-refractivity contribution in [3.63, 3.8) is 0 Å². The first-order chi connectivity index (χ1) is 7.69. The van der Waals surface area contributed by atoms with Crippen molar-refractivity contribution in [2.75, 3.05) is 26.8 Å². The normalized spacial score (nSPS) is 18.4. The van der Waals surface area contributed by atoms with Gasteiger partial charge in [-0.3, -0.25) is 4.90 Å².